The number of methoxy groups -OCH3 is 1. The summed E-state index contributed by atoms with van der Waals surface area (Å²) in [6, 6.07) is 7.63. The van der Waals surface area contributed by atoms with Crippen LogP contribution in [0.2, 0.25) is 0 Å². The predicted octanol–water partition coefficient (Wildman–Crippen LogP) is 2.05. The van der Waals surface area contributed by atoms with Gasteiger partial charge in [-0.05, 0) is 55.5 Å². The fourth-order valence-corrected chi connectivity index (χ4v) is 3.60. The SMILES string of the molecule is COc1ccc(N(C)C(=O)C2NCC3CCCC32)cc1. The smallest absolute Gasteiger partial charge is 0.244 e. The van der Waals surface area contributed by atoms with Gasteiger partial charge in [0.25, 0.3) is 0 Å². The topological polar surface area (TPSA) is 41.6 Å². The quantitative estimate of drug-likeness (QED) is 0.917. The molecule has 3 unspecified atom stereocenters. The zero-order valence-electron chi connectivity index (χ0n) is 12.1. The Morgan fingerprint density at radius 1 is 1.30 bits per heavy atom. The third-order valence-corrected chi connectivity index (χ3v) is 4.80. The molecule has 1 N–H and O–H groups in total. The van der Waals surface area contributed by atoms with Crippen molar-refractivity contribution in [1.82, 2.24) is 5.32 Å². The maximum absolute atomic E-state index is 12.7. The number of carbonyl (C=O) groups excluding carboxylic acids is 1. The van der Waals surface area contributed by atoms with Crippen LogP contribution < -0.4 is 15.0 Å². The number of ether oxygens (including phenoxy) is 1. The Balaban J connectivity index is 1.72. The molecule has 3 atom stereocenters. The number of hydrogen-bond acceptors (Lipinski definition) is 3. The van der Waals surface area contributed by atoms with Crippen LogP contribution >= 0.6 is 0 Å². The highest BCUT2D eigenvalue weighted by molar-refractivity contribution is 5.97. The van der Waals surface area contributed by atoms with Crippen LogP contribution in [0.3, 0.4) is 0 Å². The summed E-state index contributed by atoms with van der Waals surface area (Å²) in [5, 5.41) is 3.42. The lowest BCUT2D eigenvalue weighted by atomic mass is 9.93. The second-order valence-corrected chi connectivity index (χ2v) is 5.84. The van der Waals surface area contributed by atoms with E-state index in [0.717, 1.165) is 18.0 Å². The Labute approximate surface area is 120 Å². The van der Waals surface area contributed by atoms with Gasteiger partial charge in [-0.25, -0.2) is 0 Å². The van der Waals surface area contributed by atoms with Crippen molar-refractivity contribution in [3.8, 4) is 5.75 Å². The van der Waals surface area contributed by atoms with Crippen LogP contribution in [0.1, 0.15) is 19.3 Å². The van der Waals surface area contributed by atoms with Gasteiger partial charge in [-0.2, -0.15) is 0 Å². The number of benzene rings is 1. The van der Waals surface area contributed by atoms with Crippen LogP contribution in [0, 0.1) is 11.8 Å². The minimum atomic E-state index is -0.00500. The molecule has 1 aliphatic carbocycles. The van der Waals surface area contributed by atoms with Gasteiger partial charge in [0.1, 0.15) is 5.75 Å². The third-order valence-electron chi connectivity index (χ3n) is 4.80. The van der Waals surface area contributed by atoms with E-state index in [1.807, 2.05) is 31.3 Å². The van der Waals surface area contributed by atoms with Gasteiger partial charge in [-0.3, -0.25) is 4.79 Å². The summed E-state index contributed by atoms with van der Waals surface area (Å²) in [5.41, 5.74) is 0.916. The van der Waals surface area contributed by atoms with E-state index in [1.54, 1.807) is 12.0 Å². The molecule has 1 aromatic rings. The van der Waals surface area contributed by atoms with Crippen LogP contribution in [-0.4, -0.2) is 32.7 Å². The predicted molar refractivity (Wildman–Crippen MR) is 79.0 cm³/mol. The van der Waals surface area contributed by atoms with Crippen molar-refractivity contribution in [2.45, 2.75) is 25.3 Å². The minimum absolute atomic E-state index is 0.00500. The number of hydrogen-bond donors (Lipinski definition) is 1. The number of anilines is 1. The van der Waals surface area contributed by atoms with E-state index >= 15 is 0 Å². The van der Waals surface area contributed by atoms with E-state index in [-0.39, 0.29) is 11.9 Å². The van der Waals surface area contributed by atoms with E-state index in [9.17, 15) is 4.79 Å². The monoisotopic (exact) mass is 274 g/mol. The molecule has 4 nitrogen and oxygen atoms in total. The van der Waals surface area contributed by atoms with Gasteiger partial charge in [0, 0.05) is 12.7 Å². The number of amides is 1. The summed E-state index contributed by atoms with van der Waals surface area (Å²) in [7, 11) is 3.50. The number of rotatable bonds is 3. The molecule has 1 aromatic carbocycles. The summed E-state index contributed by atoms with van der Waals surface area (Å²) in [4.78, 5) is 14.4. The second kappa shape index (κ2) is 5.44. The van der Waals surface area contributed by atoms with Crippen LogP contribution in [0.5, 0.6) is 5.75 Å². The Bertz CT molecular complexity index is 486. The first kappa shape index (κ1) is 13.4. The highest BCUT2D eigenvalue weighted by atomic mass is 16.5. The fourth-order valence-electron chi connectivity index (χ4n) is 3.60. The molecule has 1 heterocycles. The molecule has 3 rings (SSSR count). The van der Waals surface area contributed by atoms with E-state index in [4.69, 9.17) is 4.74 Å². The molecule has 2 fully saturated rings. The molecule has 0 spiro atoms. The van der Waals surface area contributed by atoms with E-state index < -0.39 is 0 Å². The Hall–Kier alpha value is -1.55. The molecule has 20 heavy (non-hydrogen) atoms. The molecule has 108 valence electrons. The fraction of sp³-hybridized carbons (Fsp3) is 0.562. The van der Waals surface area contributed by atoms with Gasteiger partial charge >= 0.3 is 0 Å². The van der Waals surface area contributed by atoms with Gasteiger partial charge in [0.15, 0.2) is 0 Å². The van der Waals surface area contributed by atoms with E-state index in [2.05, 4.69) is 5.32 Å². The molecule has 1 aliphatic heterocycles. The maximum atomic E-state index is 12.7. The van der Waals surface area contributed by atoms with Crippen LogP contribution in [-0.2, 0) is 4.79 Å². The lowest BCUT2D eigenvalue weighted by molar-refractivity contribution is -0.120. The molecule has 0 radical (unpaired) electrons. The lowest BCUT2D eigenvalue weighted by Crippen LogP contribution is -2.44. The van der Waals surface area contributed by atoms with Gasteiger partial charge in [-0.15, -0.1) is 0 Å². The van der Waals surface area contributed by atoms with Crippen LogP contribution in [0.25, 0.3) is 0 Å². The Morgan fingerprint density at radius 2 is 2.05 bits per heavy atom. The average Bonchev–Trinajstić information content (AvgIpc) is 3.08. The molecule has 1 saturated carbocycles. The van der Waals surface area contributed by atoms with Crippen molar-refractivity contribution in [1.29, 1.82) is 0 Å². The molecule has 0 aromatic heterocycles. The summed E-state index contributed by atoms with van der Waals surface area (Å²) in [6.07, 6.45) is 3.73. The standard InChI is InChI=1S/C16H22N2O2/c1-18(12-6-8-13(20-2)9-7-12)16(19)15-14-5-3-4-11(14)10-17-15/h6-9,11,14-15,17H,3-5,10H2,1-2H3. The first-order valence-corrected chi connectivity index (χ1v) is 7.35. The summed E-state index contributed by atoms with van der Waals surface area (Å²) in [6.45, 7) is 0.998. The largest absolute Gasteiger partial charge is 0.497 e. The molecule has 4 heteroatoms. The molecule has 0 bridgehead atoms. The lowest BCUT2D eigenvalue weighted by Gasteiger charge is -2.24. The first-order chi connectivity index (χ1) is 9.70. The molecular weight excluding hydrogens is 252 g/mol. The molecule has 1 amide bonds. The normalized spacial score (nSPS) is 28.2. The molecule has 1 saturated heterocycles. The van der Waals surface area contributed by atoms with Crippen molar-refractivity contribution in [2.75, 3.05) is 25.6 Å². The van der Waals surface area contributed by atoms with Gasteiger partial charge in [0.05, 0.1) is 13.2 Å². The van der Waals surface area contributed by atoms with Crippen molar-refractivity contribution in [2.24, 2.45) is 11.8 Å². The Kier molecular flexibility index (Phi) is 3.66. The van der Waals surface area contributed by atoms with Crippen LogP contribution in [0.4, 0.5) is 5.69 Å². The number of carbonyl (C=O) groups is 1. The van der Waals surface area contributed by atoms with Crippen molar-refractivity contribution < 1.29 is 9.53 Å². The van der Waals surface area contributed by atoms with Crippen molar-refractivity contribution in [3.05, 3.63) is 24.3 Å². The summed E-state index contributed by atoms with van der Waals surface area (Å²) < 4.78 is 5.15. The molecular formula is C16H22N2O2. The third kappa shape index (κ3) is 2.29. The maximum Gasteiger partial charge on any atom is 0.244 e. The summed E-state index contributed by atoms with van der Waals surface area (Å²) in [5.74, 6) is 2.23. The molecule has 2 aliphatic rings. The van der Waals surface area contributed by atoms with Crippen LogP contribution in [0.15, 0.2) is 24.3 Å². The van der Waals surface area contributed by atoms with Gasteiger partial charge < -0.3 is 15.0 Å². The van der Waals surface area contributed by atoms with Crippen molar-refractivity contribution in [3.63, 3.8) is 0 Å². The van der Waals surface area contributed by atoms with Crippen molar-refractivity contribution >= 4 is 11.6 Å². The minimum Gasteiger partial charge on any atom is -0.497 e. The number of fused-ring (bicyclic) bond motifs is 1. The number of likely N-dealkylation sites (N-methyl/N-ethyl adjacent to an activating group) is 1. The first-order valence-electron chi connectivity index (χ1n) is 7.35. The highest BCUT2D eigenvalue weighted by Gasteiger charge is 2.43. The number of nitrogens with one attached hydrogen (secondary N) is 1. The zero-order valence-corrected chi connectivity index (χ0v) is 12.1. The average molecular weight is 274 g/mol. The zero-order chi connectivity index (χ0) is 14.1. The summed E-state index contributed by atoms with van der Waals surface area (Å²) >= 11 is 0. The van der Waals surface area contributed by atoms with E-state index in [0.29, 0.717) is 11.8 Å². The second-order valence-electron chi connectivity index (χ2n) is 5.84. The number of nitrogens with zero attached hydrogens (tertiary/aromatic N) is 1. The van der Waals surface area contributed by atoms with Gasteiger partial charge in [0.2, 0.25) is 5.91 Å². The van der Waals surface area contributed by atoms with E-state index in [1.165, 1.54) is 19.3 Å². The van der Waals surface area contributed by atoms with Gasteiger partial charge in [-0.1, -0.05) is 6.42 Å². The highest BCUT2D eigenvalue weighted by Crippen LogP contribution is 2.38. The Morgan fingerprint density at radius 3 is 2.75 bits per heavy atom.